The number of nitrogens with zero attached hydrogens (tertiary/aromatic N) is 3. The molecule has 3 rings (SSSR count). The van der Waals surface area contributed by atoms with Gasteiger partial charge in [0.15, 0.2) is 0 Å². The van der Waals surface area contributed by atoms with Gasteiger partial charge in [-0.1, -0.05) is 17.3 Å². The molecule has 0 bridgehead atoms. The smallest absolute Gasteiger partial charge is 0.379 e. The van der Waals surface area contributed by atoms with Crippen LogP contribution in [-0.4, -0.2) is 59.3 Å². The third kappa shape index (κ3) is 4.68. The first-order valence-electron chi connectivity index (χ1n) is 8.89. The highest BCUT2D eigenvalue weighted by molar-refractivity contribution is 5.94. The Hall–Kier alpha value is -2.46. The van der Waals surface area contributed by atoms with E-state index in [1.165, 1.54) is 24.3 Å². The van der Waals surface area contributed by atoms with E-state index in [0.29, 0.717) is 24.3 Å². The molecule has 1 fully saturated rings. The van der Waals surface area contributed by atoms with Crippen molar-refractivity contribution >= 4 is 5.91 Å². The number of rotatable bonds is 5. The van der Waals surface area contributed by atoms with Crippen LogP contribution in [0.25, 0.3) is 11.4 Å². The molecule has 1 aliphatic heterocycles. The molecular weight excluding hydrogens is 377 g/mol. The topological polar surface area (TPSA) is 80.5 Å². The first-order valence-corrected chi connectivity index (χ1v) is 8.89. The molecule has 0 radical (unpaired) electrons. The van der Waals surface area contributed by atoms with Crippen molar-refractivity contribution in [3.8, 4) is 11.4 Å². The van der Waals surface area contributed by atoms with E-state index in [-0.39, 0.29) is 23.8 Å². The van der Waals surface area contributed by atoms with E-state index >= 15 is 0 Å². The fourth-order valence-electron chi connectivity index (χ4n) is 2.94. The van der Waals surface area contributed by atoms with E-state index < -0.39 is 12.1 Å². The molecule has 0 saturated carbocycles. The lowest BCUT2D eigenvalue weighted by Gasteiger charge is -2.35. The molecular formula is C18H21F3N4O3. The van der Waals surface area contributed by atoms with Gasteiger partial charge in [0.2, 0.25) is 5.82 Å². The van der Waals surface area contributed by atoms with Crippen LogP contribution < -0.4 is 5.32 Å². The van der Waals surface area contributed by atoms with Crippen LogP contribution >= 0.6 is 0 Å². The van der Waals surface area contributed by atoms with Gasteiger partial charge < -0.3 is 14.6 Å². The fourth-order valence-corrected chi connectivity index (χ4v) is 2.94. The first-order chi connectivity index (χ1) is 13.3. The van der Waals surface area contributed by atoms with Gasteiger partial charge in [0.1, 0.15) is 0 Å². The number of nitrogens with one attached hydrogen (secondary N) is 1. The number of ether oxygens (including phenoxy) is 1. The third-order valence-corrected chi connectivity index (χ3v) is 4.78. The Morgan fingerprint density at radius 3 is 2.39 bits per heavy atom. The molecule has 2 atom stereocenters. The van der Waals surface area contributed by atoms with E-state index in [1.807, 2.05) is 13.8 Å². The molecule has 1 aromatic carbocycles. The van der Waals surface area contributed by atoms with Crippen LogP contribution in [0.5, 0.6) is 0 Å². The Balaban J connectivity index is 1.62. The average Bonchev–Trinajstić information content (AvgIpc) is 3.19. The molecule has 152 valence electrons. The maximum Gasteiger partial charge on any atom is 0.471 e. The third-order valence-electron chi connectivity index (χ3n) is 4.78. The van der Waals surface area contributed by atoms with Gasteiger partial charge in [0.25, 0.3) is 5.91 Å². The van der Waals surface area contributed by atoms with Crippen LogP contribution in [0.3, 0.4) is 0 Å². The highest BCUT2D eigenvalue weighted by Crippen LogP contribution is 2.29. The zero-order chi connectivity index (χ0) is 20.3. The van der Waals surface area contributed by atoms with Crippen LogP contribution in [0.1, 0.15) is 30.1 Å². The minimum atomic E-state index is -4.70. The molecule has 1 saturated heterocycles. The Bertz CT molecular complexity index is 801. The number of carbonyl (C=O) groups is 1. The summed E-state index contributed by atoms with van der Waals surface area (Å²) in [6.45, 7) is 6.98. The van der Waals surface area contributed by atoms with E-state index in [4.69, 9.17) is 4.74 Å². The molecule has 0 unspecified atom stereocenters. The number of halogens is 3. The Morgan fingerprint density at radius 1 is 1.18 bits per heavy atom. The highest BCUT2D eigenvalue weighted by atomic mass is 19.4. The molecule has 28 heavy (non-hydrogen) atoms. The van der Waals surface area contributed by atoms with Gasteiger partial charge in [-0.05, 0) is 26.0 Å². The van der Waals surface area contributed by atoms with Crippen molar-refractivity contribution < 1.29 is 27.2 Å². The zero-order valence-corrected chi connectivity index (χ0v) is 15.5. The lowest BCUT2D eigenvalue weighted by Crippen LogP contribution is -2.52. The normalized spacial score (nSPS) is 17.9. The second-order valence-electron chi connectivity index (χ2n) is 6.65. The molecule has 0 spiro atoms. The summed E-state index contributed by atoms with van der Waals surface area (Å²) in [5.74, 6) is -1.85. The Kier molecular flexibility index (Phi) is 5.99. The van der Waals surface area contributed by atoms with Crippen LogP contribution in [-0.2, 0) is 10.9 Å². The van der Waals surface area contributed by atoms with Crippen molar-refractivity contribution in [1.29, 1.82) is 0 Å². The standard InChI is InChI=1S/C18H21F3N4O3/c1-11(12(2)25-7-9-27-10-8-25)22-16(26)14-5-3-13(4-6-14)15-23-17(28-24-15)18(19,20)21/h3-6,11-12H,7-10H2,1-2H3,(H,22,26)/t11-,12+/m1/s1. The first kappa shape index (κ1) is 20.3. The molecule has 1 aromatic heterocycles. The lowest BCUT2D eigenvalue weighted by molar-refractivity contribution is -0.159. The summed E-state index contributed by atoms with van der Waals surface area (Å²) in [5.41, 5.74) is 0.717. The monoisotopic (exact) mass is 398 g/mol. The predicted molar refractivity (Wildman–Crippen MR) is 93.5 cm³/mol. The Labute approximate surface area is 159 Å². The highest BCUT2D eigenvalue weighted by Gasteiger charge is 2.38. The zero-order valence-electron chi connectivity index (χ0n) is 15.5. The maximum atomic E-state index is 12.5. The summed E-state index contributed by atoms with van der Waals surface area (Å²) >= 11 is 0. The van der Waals surface area contributed by atoms with E-state index in [0.717, 1.165) is 13.1 Å². The lowest BCUT2D eigenvalue weighted by atomic mass is 10.1. The van der Waals surface area contributed by atoms with Crippen LogP contribution in [0.4, 0.5) is 13.2 Å². The van der Waals surface area contributed by atoms with Crippen molar-refractivity contribution in [2.75, 3.05) is 26.3 Å². The molecule has 2 heterocycles. The quantitative estimate of drug-likeness (QED) is 0.834. The number of morpholine rings is 1. The second kappa shape index (κ2) is 8.27. The largest absolute Gasteiger partial charge is 0.471 e. The molecule has 1 aliphatic rings. The number of aromatic nitrogens is 2. The molecule has 1 N–H and O–H groups in total. The van der Waals surface area contributed by atoms with Crippen molar-refractivity contribution in [2.45, 2.75) is 32.1 Å². The number of hydrogen-bond donors (Lipinski definition) is 1. The minimum Gasteiger partial charge on any atom is -0.379 e. The maximum absolute atomic E-state index is 12.5. The van der Waals surface area contributed by atoms with Gasteiger partial charge in [-0.15, -0.1) is 0 Å². The summed E-state index contributed by atoms with van der Waals surface area (Å²) in [6, 6.07) is 6.05. The molecule has 2 aromatic rings. The number of amides is 1. The van der Waals surface area contributed by atoms with Crippen LogP contribution in [0.15, 0.2) is 28.8 Å². The Morgan fingerprint density at radius 2 is 1.82 bits per heavy atom. The van der Waals surface area contributed by atoms with Gasteiger partial charge in [-0.25, -0.2) is 0 Å². The van der Waals surface area contributed by atoms with Gasteiger partial charge in [-0.3, -0.25) is 9.69 Å². The SMILES string of the molecule is C[C@@H](NC(=O)c1ccc(-c2noc(C(F)(F)F)n2)cc1)[C@H](C)N1CCOCC1. The molecule has 10 heteroatoms. The van der Waals surface area contributed by atoms with E-state index in [2.05, 4.69) is 24.9 Å². The number of hydrogen-bond acceptors (Lipinski definition) is 6. The van der Waals surface area contributed by atoms with Gasteiger partial charge in [0.05, 0.1) is 13.2 Å². The van der Waals surface area contributed by atoms with Crippen molar-refractivity contribution in [1.82, 2.24) is 20.4 Å². The minimum absolute atomic E-state index is 0.0863. The second-order valence-corrected chi connectivity index (χ2v) is 6.65. The summed E-state index contributed by atoms with van der Waals surface area (Å²) in [5, 5.41) is 6.28. The van der Waals surface area contributed by atoms with Gasteiger partial charge >= 0.3 is 12.1 Å². The summed E-state index contributed by atoms with van der Waals surface area (Å²) in [6.07, 6.45) is -4.70. The number of carbonyl (C=O) groups excluding carboxylic acids is 1. The molecule has 0 aliphatic carbocycles. The summed E-state index contributed by atoms with van der Waals surface area (Å²) < 4.78 is 47.2. The summed E-state index contributed by atoms with van der Waals surface area (Å²) in [4.78, 5) is 18.1. The van der Waals surface area contributed by atoms with E-state index in [1.54, 1.807) is 0 Å². The van der Waals surface area contributed by atoms with Crippen LogP contribution in [0, 0.1) is 0 Å². The van der Waals surface area contributed by atoms with Gasteiger partial charge in [-0.2, -0.15) is 18.2 Å². The summed E-state index contributed by atoms with van der Waals surface area (Å²) in [7, 11) is 0. The van der Waals surface area contributed by atoms with Crippen molar-refractivity contribution in [3.63, 3.8) is 0 Å². The molecule has 7 nitrogen and oxygen atoms in total. The van der Waals surface area contributed by atoms with Gasteiger partial charge in [0, 0.05) is 36.3 Å². The number of alkyl halides is 3. The van der Waals surface area contributed by atoms with E-state index in [9.17, 15) is 18.0 Å². The van der Waals surface area contributed by atoms with Crippen molar-refractivity contribution in [2.24, 2.45) is 0 Å². The predicted octanol–water partition coefficient (Wildman–Crippen LogP) is 2.59. The van der Waals surface area contributed by atoms with Crippen molar-refractivity contribution in [3.05, 3.63) is 35.7 Å². The average molecular weight is 398 g/mol. The molecule has 1 amide bonds. The fraction of sp³-hybridized carbons (Fsp3) is 0.500. The number of benzene rings is 1. The van der Waals surface area contributed by atoms with Crippen LogP contribution in [0.2, 0.25) is 0 Å².